The second kappa shape index (κ2) is 6.00. The number of hydrogen-bond donors (Lipinski definition) is 2. The van der Waals surface area contributed by atoms with Crippen molar-refractivity contribution < 1.29 is 0 Å². The second-order valence-corrected chi connectivity index (χ2v) is 4.90. The first-order valence-electron chi connectivity index (χ1n) is 6.75. The average Bonchev–Trinajstić information content (AvgIpc) is 2.36. The number of nitrogens with one attached hydrogen (secondary N) is 2. The number of aryl methyl sites for hydroxylation is 1. The zero-order valence-electron chi connectivity index (χ0n) is 11.2. The third kappa shape index (κ3) is 3.32. The normalized spacial score (nSPS) is 17.1. The third-order valence-electron chi connectivity index (χ3n) is 3.35. The van der Waals surface area contributed by atoms with Gasteiger partial charge >= 0.3 is 0 Å². The van der Waals surface area contributed by atoms with Crippen molar-refractivity contribution >= 4 is 5.82 Å². The molecule has 0 bridgehead atoms. The molecule has 0 aliphatic carbocycles. The lowest BCUT2D eigenvalue weighted by Crippen LogP contribution is -2.43. The Balaban J connectivity index is 1.94. The molecule has 1 aromatic rings. The Morgan fingerprint density at radius 3 is 2.83 bits per heavy atom. The summed E-state index contributed by atoms with van der Waals surface area (Å²) in [5, 5.41) is 3.55. The quantitative estimate of drug-likeness (QED) is 0.838. The zero-order chi connectivity index (χ0) is 13.0. The molecule has 0 unspecified atom stereocenters. The molecule has 18 heavy (non-hydrogen) atoms. The Morgan fingerprint density at radius 2 is 2.22 bits per heavy atom. The Hall–Kier alpha value is -1.36. The summed E-state index contributed by atoms with van der Waals surface area (Å²) >= 11 is 0. The highest BCUT2D eigenvalue weighted by Gasteiger charge is 2.19. The van der Waals surface area contributed by atoms with Gasteiger partial charge in [-0.3, -0.25) is 4.79 Å². The van der Waals surface area contributed by atoms with Crippen molar-refractivity contribution in [3.05, 3.63) is 22.2 Å². The summed E-state index contributed by atoms with van der Waals surface area (Å²) in [6.45, 7) is 7.03. The van der Waals surface area contributed by atoms with Crippen LogP contribution in [-0.4, -0.2) is 35.6 Å². The molecule has 0 aromatic carbocycles. The molecule has 1 fully saturated rings. The Kier molecular flexibility index (Phi) is 4.36. The van der Waals surface area contributed by atoms with Crippen LogP contribution in [0.2, 0.25) is 0 Å². The van der Waals surface area contributed by atoms with Crippen molar-refractivity contribution in [2.24, 2.45) is 0 Å². The van der Waals surface area contributed by atoms with Crippen LogP contribution >= 0.6 is 0 Å². The standard InChI is InChI=1S/C13H22N4O/c1-3-6-14-11-4-7-17(8-5-11)12-9-13(18)16-10(2)15-12/h9,11,14H,3-8H2,1-2H3,(H,15,16,18). The number of rotatable bonds is 4. The van der Waals surface area contributed by atoms with Crippen LogP contribution in [0.1, 0.15) is 32.0 Å². The van der Waals surface area contributed by atoms with Crippen molar-refractivity contribution in [3.8, 4) is 0 Å². The van der Waals surface area contributed by atoms with E-state index in [1.807, 2.05) is 6.92 Å². The maximum Gasteiger partial charge on any atom is 0.252 e. The first-order chi connectivity index (χ1) is 8.69. The van der Waals surface area contributed by atoms with E-state index in [1.54, 1.807) is 6.07 Å². The number of aromatic nitrogens is 2. The Bertz CT molecular complexity index is 435. The van der Waals surface area contributed by atoms with Gasteiger partial charge in [-0.2, -0.15) is 0 Å². The van der Waals surface area contributed by atoms with E-state index >= 15 is 0 Å². The SMILES string of the molecule is CCCNC1CCN(c2cc(=O)[nH]c(C)n2)CC1. The van der Waals surface area contributed by atoms with Gasteiger partial charge in [0.05, 0.1) is 0 Å². The van der Waals surface area contributed by atoms with Crippen LogP contribution < -0.4 is 15.8 Å². The highest BCUT2D eigenvalue weighted by Crippen LogP contribution is 2.16. The third-order valence-corrected chi connectivity index (χ3v) is 3.35. The molecule has 0 radical (unpaired) electrons. The van der Waals surface area contributed by atoms with E-state index in [2.05, 4.69) is 27.1 Å². The monoisotopic (exact) mass is 250 g/mol. The van der Waals surface area contributed by atoms with E-state index in [-0.39, 0.29) is 5.56 Å². The van der Waals surface area contributed by atoms with Crippen molar-refractivity contribution in [1.29, 1.82) is 0 Å². The second-order valence-electron chi connectivity index (χ2n) is 4.90. The first-order valence-corrected chi connectivity index (χ1v) is 6.75. The van der Waals surface area contributed by atoms with E-state index < -0.39 is 0 Å². The molecule has 2 heterocycles. The van der Waals surface area contributed by atoms with Crippen molar-refractivity contribution in [2.75, 3.05) is 24.5 Å². The van der Waals surface area contributed by atoms with Crippen molar-refractivity contribution in [3.63, 3.8) is 0 Å². The minimum Gasteiger partial charge on any atom is -0.356 e. The summed E-state index contributed by atoms with van der Waals surface area (Å²) in [5.41, 5.74) is -0.0660. The highest BCUT2D eigenvalue weighted by atomic mass is 16.1. The summed E-state index contributed by atoms with van der Waals surface area (Å²) in [5.74, 6) is 1.49. The lowest BCUT2D eigenvalue weighted by atomic mass is 10.1. The predicted molar refractivity (Wildman–Crippen MR) is 73.1 cm³/mol. The van der Waals surface area contributed by atoms with Crippen LogP contribution in [0.4, 0.5) is 5.82 Å². The number of piperidine rings is 1. The summed E-state index contributed by atoms with van der Waals surface area (Å²) in [7, 11) is 0. The molecule has 2 rings (SSSR count). The molecular formula is C13H22N4O. The number of nitrogens with zero attached hydrogens (tertiary/aromatic N) is 2. The van der Waals surface area contributed by atoms with Crippen LogP contribution in [0.15, 0.2) is 10.9 Å². The average molecular weight is 250 g/mol. The van der Waals surface area contributed by atoms with Gasteiger partial charge in [-0.05, 0) is 32.7 Å². The molecule has 0 saturated carbocycles. The van der Waals surface area contributed by atoms with E-state index in [0.29, 0.717) is 11.9 Å². The summed E-state index contributed by atoms with van der Waals surface area (Å²) in [6.07, 6.45) is 3.41. The molecule has 0 spiro atoms. The maximum atomic E-state index is 11.4. The molecule has 2 N–H and O–H groups in total. The smallest absolute Gasteiger partial charge is 0.252 e. The molecule has 1 aliphatic heterocycles. The van der Waals surface area contributed by atoms with Gasteiger partial charge in [-0.1, -0.05) is 6.92 Å². The highest BCUT2D eigenvalue weighted by molar-refractivity contribution is 5.37. The van der Waals surface area contributed by atoms with Crippen molar-refractivity contribution in [1.82, 2.24) is 15.3 Å². The largest absolute Gasteiger partial charge is 0.356 e. The predicted octanol–water partition coefficient (Wildman–Crippen LogP) is 1.05. The minimum absolute atomic E-state index is 0.0660. The molecule has 5 nitrogen and oxygen atoms in total. The van der Waals surface area contributed by atoms with E-state index in [0.717, 1.165) is 38.3 Å². The van der Waals surface area contributed by atoms with Gasteiger partial charge in [-0.25, -0.2) is 4.98 Å². The van der Waals surface area contributed by atoms with Crippen LogP contribution in [0, 0.1) is 6.92 Å². The van der Waals surface area contributed by atoms with Gasteiger partial charge < -0.3 is 15.2 Å². The number of hydrogen-bond acceptors (Lipinski definition) is 4. The summed E-state index contributed by atoms with van der Waals surface area (Å²) in [4.78, 5) is 20.7. The molecule has 1 aliphatic rings. The van der Waals surface area contributed by atoms with E-state index in [4.69, 9.17) is 0 Å². The Labute approximate surface area is 108 Å². The van der Waals surface area contributed by atoms with Gasteiger partial charge in [0.25, 0.3) is 5.56 Å². The maximum absolute atomic E-state index is 11.4. The van der Waals surface area contributed by atoms with Crippen LogP contribution in [0.25, 0.3) is 0 Å². The number of H-pyrrole nitrogens is 1. The van der Waals surface area contributed by atoms with E-state index in [1.165, 1.54) is 6.42 Å². The molecule has 100 valence electrons. The Morgan fingerprint density at radius 1 is 1.50 bits per heavy atom. The van der Waals surface area contributed by atoms with Crippen LogP contribution in [0.5, 0.6) is 0 Å². The molecule has 1 saturated heterocycles. The van der Waals surface area contributed by atoms with Crippen molar-refractivity contribution in [2.45, 2.75) is 39.2 Å². The minimum atomic E-state index is -0.0660. The van der Waals surface area contributed by atoms with Gasteiger partial charge in [0.2, 0.25) is 0 Å². The molecule has 5 heteroatoms. The fraction of sp³-hybridized carbons (Fsp3) is 0.692. The summed E-state index contributed by atoms with van der Waals surface area (Å²) < 4.78 is 0. The van der Waals surface area contributed by atoms with Gasteiger partial charge in [0.15, 0.2) is 0 Å². The topological polar surface area (TPSA) is 61.0 Å². The lowest BCUT2D eigenvalue weighted by molar-refractivity contribution is 0.414. The van der Waals surface area contributed by atoms with Gasteiger partial charge in [0, 0.05) is 25.2 Å². The number of aromatic amines is 1. The molecule has 0 amide bonds. The lowest BCUT2D eigenvalue weighted by Gasteiger charge is -2.33. The molecule has 0 atom stereocenters. The fourth-order valence-electron chi connectivity index (χ4n) is 2.39. The molecule has 1 aromatic heterocycles. The van der Waals surface area contributed by atoms with Crippen LogP contribution in [0.3, 0.4) is 0 Å². The zero-order valence-corrected chi connectivity index (χ0v) is 11.2. The number of anilines is 1. The van der Waals surface area contributed by atoms with E-state index in [9.17, 15) is 4.79 Å². The summed E-state index contributed by atoms with van der Waals surface area (Å²) in [6, 6.07) is 2.21. The fourth-order valence-corrected chi connectivity index (χ4v) is 2.39. The van der Waals surface area contributed by atoms with Gasteiger partial charge in [0.1, 0.15) is 11.6 Å². The van der Waals surface area contributed by atoms with Gasteiger partial charge in [-0.15, -0.1) is 0 Å². The van der Waals surface area contributed by atoms with Crippen LogP contribution in [-0.2, 0) is 0 Å². The first kappa shape index (κ1) is 13.1. The molecular weight excluding hydrogens is 228 g/mol.